The largest absolute Gasteiger partial charge is 0.467 e. The molecule has 0 N–H and O–H groups in total. The molecule has 1 amide bonds. The minimum absolute atomic E-state index is 0.113. The van der Waals surface area contributed by atoms with Crippen molar-refractivity contribution in [2.75, 3.05) is 13.7 Å². The number of ether oxygens (including phenoxy) is 1. The summed E-state index contributed by atoms with van der Waals surface area (Å²) in [5.74, 6) is -0.457. The summed E-state index contributed by atoms with van der Waals surface area (Å²) in [6, 6.07) is 11.3. The Morgan fingerprint density at radius 1 is 1.27 bits per heavy atom. The van der Waals surface area contributed by atoms with E-state index in [1.54, 1.807) is 4.90 Å². The molecule has 0 radical (unpaired) electrons. The highest BCUT2D eigenvalue weighted by Gasteiger charge is 2.36. The number of aromatic nitrogens is 2. The first-order valence-electron chi connectivity index (χ1n) is 8.53. The number of esters is 1. The highest BCUT2D eigenvalue weighted by Crippen LogP contribution is 2.32. The zero-order chi connectivity index (χ0) is 18.3. The summed E-state index contributed by atoms with van der Waals surface area (Å²) in [6.45, 7) is 2.52. The molecule has 6 nitrogen and oxygen atoms in total. The zero-order valence-corrected chi connectivity index (χ0v) is 15.5. The van der Waals surface area contributed by atoms with E-state index in [4.69, 9.17) is 4.74 Å². The predicted molar refractivity (Wildman–Crippen MR) is 99.8 cm³/mol. The van der Waals surface area contributed by atoms with Crippen LogP contribution in [0.5, 0.6) is 0 Å². The van der Waals surface area contributed by atoms with Gasteiger partial charge in [0.1, 0.15) is 10.9 Å². The number of amides is 1. The van der Waals surface area contributed by atoms with Crippen molar-refractivity contribution in [2.24, 2.45) is 0 Å². The minimum atomic E-state index is -0.482. The standard InChI is InChI=1S/C19H19N3O3S/c1-12-14-11-16(17(23)21-10-6-9-15(21)19(24)25-2)26-18(14)22(20-12)13-7-4-3-5-8-13/h3-5,7-8,11,15H,6,9-10H2,1-2H3/t15-/m0/s1. The summed E-state index contributed by atoms with van der Waals surface area (Å²) >= 11 is 1.41. The smallest absolute Gasteiger partial charge is 0.328 e. The molecule has 0 bridgehead atoms. The molecule has 2 aromatic heterocycles. The van der Waals surface area contributed by atoms with Gasteiger partial charge in [-0.3, -0.25) is 4.79 Å². The Bertz CT molecular complexity index is 977. The molecule has 7 heteroatoms. The van der Waals surface area contributed by atoms with Gasteiger partial charge in [0.25, 0.3) is 5.91 Å². The normalized spacial score (nSPS) is 17.0. The second-order valence-corrected chi connectivity index (χ2v) is 7.37. The average Bonchev–Trinajstić information content (AvgIpc) is 3.38. The lowest BCUT2D eigenvalue weighted by Gasteiger charge is -2.21. The van der Waals surface area contributed by atoms with Crippen molar-refractivity contribution in [3.05, 3.63) is 47.0 Å². The van der Waals surface area contributed by atoms with E-state index in [2.05, 4.69) is 5.10 Å². The van der Waals surface area contributed by atoms with Gasteiger partial charge >= 0.3 is 5.97 Å². The number of likely N-dealkylation sites (tertiary alicyclic amines) is 1. The number of para-hydroxylation sites is 1. The number of rotatable bonds is 3. The van der Waals surface area contributed by atoms with Gasteiger partial charge < -0.3 is 9.64 Å². The van der Waals surface area contributed by atoms with Gasteiger partial charge in [-0.15, -0.1) is 11.3 Å². The Labute approximate surface area is 155 Å². The third-order valence-corrected chi connectivity index (χ3v) is 5.84. The van der Waals surface area contributed by atoms with E-state index in [9.17, 15) is 9.59 Å². The Hall–Kier alpha value is -2.67. The maximum atomic E-state index is 13.0. The lowest BCUT2D eigenvalue weighted by molar-refractivity contribution is -0.145. The van der Waals surface area contributed by atoms with Crippen molar-refractivity contribution >= 4 is 33.4 Å². The van der Waals surface area contributed by atoms with Crippen molar-refractivity contribution in [2.45, 2.75) is 25.8 Å². The van der Waals surface area contributed by atoms with Crippen LogP contribution in [0, 0.1) is 6.92 Å². The van der Waals surface area contributed by atoms with E-state index in [0.29, 0.717) is 17.8 Å². The van der Waals surface area contributed by atoms with Crippen LogP contribution in [0.3, 0.4) is 0 Å². The van der Waals surface area contributed by atoms with Gasteiger partial charge in [0.2, 0.25) is 0 Å². The molecular formula is C19H19N3O3S. The van der Waals surface area contributed by atoms with E-state index in [1.165, 1.54) is 18.4 Å². The Morgan fingerprint density at radius 3 is 2.77 bits per heavy atom. The van der Waals surface area contributed by atoms with Crippen LogP contribution in [-0.4, -0.2) is 46.3 Å². The SMILES string of the molecule is COC(=O)[C@@H]1CCCN1C(=O)c1cc2c(C)nn(-c3ccccc3)c2s1. The molecule has 1 fully saturated rings. The van der Waals surface area contributed by atoms with Gasteiger partial charge in [0.15, 0.2) is 0 Å². The number of nitrogens with zero attached hydrogens (tertiary/aromatic N) is 3. The second-order valence-electron chi connectivity index (χ2n) is 6.34. The molecule has 0 saturated carbocycles. The van der Waals surface area contributed by atoms with Crippen LogP contribution in [0.25, 0.3) is 15.9 Å². The molecule has 0 unspecified atom stereocenters. The van der Waals surface area contributed by atoms with E-state index in [-0.39, 0.29) is 11.9 Å². The van der Waals surface area contributed by atoms with E-state index < -0.39 is 6.04 Å². The molecule has 1 aromatic carbocycles. The first kappa shape index (κ1) is 16.8. The van der Waals surface area contributed by atoms with Gasteiger partial charge in [-0.25, -0.2) is 9.48 Å². The summed E-state index contributed by atoms with van der Waals surface area (Å²) in [5.41, 5.74) is 1.84. The number of benzene rings is 1. The Kier molecular flexibility index (Phi) is 4.24. The van der Waals surface area contributed by atoms with Crippen LogP contribution in [0.4, 0.5) is 0 Å². The molecule has 3 aromatic rings. The number of fused-ring (bicyclic) bond motifs is 1. The Morgan fingerprint density at radius 2 is 2.04 bits per heavy atom. The van der Waals surface area contributed by atoms with Gasteiger partial charge in [0, 0.05) is 11.9 Å². The summed E-state index contributed by atoms with van der Waals surface area (Å²) in [7, 11) is 1.36. The first-order chi connectivity index (χ1) is 12.6. The molecule has 4 rings (SSSR count). The molecule has 1 atom stereocenters. The Balaban J connectivity index is 1.72. The third-order valence-electron chi connectivity index (χ3n) is 4.74. The van der Waals surface area contributed by atoms with Crippen LogP contribution in [0.2, 0.25) is 0 Å². The maximum Gasteiger partial charge on any atom is 0.328 e. The topological polar surface area (TPSA) is 64.4 Å². The molecule has 134 valence electrons. The van der Waals surface area contributed by atoms with Crippen LogP contribution in [0.1, 0.15) is 28.2 Å². The fraction of sp³-hybridized carbons (Fsp3) is 0.316. The first-order valence-corrected chi connectivity index (χ1v) is 9.35. The van der Waals surface area contributed by atoms with E-state index in [1.807, 2.05) is 48.0 Å². The number of carbonyl (C=O) groups excluding carboxylic acids is 2. The zero-order valence-electron chi connectivity index (χ0n) is 14.6. The fourth-order valence-electron chi connectivity index (χ4n) is 3.43. The molecule has 1 aliphatic heterocycles. The summed E-state index contributed by atoms with van der Waals surface area (Å²) < 4.78 is 6.72. The predicted octanol–water partition coefficient (Wildman–Crippen LogP) is 3.17. The van der Waals surface area contributed by atoms with Crippen LogP contribution in [0.15, 0.2) is 36.4 Å². The molecule has 1 aliphatic rings. The molecule has 26 heavy (non-hydrogen) atoms. The summed E-state index contributed by atoms with van der Waals surface area (Å²) in [6.07, 6.45) is 1.47. The monoisotopic (exact) mass is 369 g/mol. The van der Waals surface area contributed by atoms with Crippen LogP contribution in [-0.2, 0) is 9.53 Å². The lowest BCUT2D eigenvalue weighted by Crippen LogP contribution is -2.40. The van der Waals surface area contributed by atoms with Gasteiger partial charge in [-0.2, -0.15) is 5.10 Å². The number of hydrogen-bond acceptors (Lipinski definition) is 5. The minimum Gasteiger partial charge on any atom is -0.467 e. The van der Waals surface area contributed by atoms with Crippen molar-refractivity contribution in [1.29, 1.82) is 0 Å². The fourth-order valence-corrected chi connectivity index (χ4v) is 4.57. The molecule has 1 saturated heterocycles. The van der Waals surface area contributed by atoms with Crippen LogP contribution < -0.4 is 0 Å². The van der Waals surface area contributed by atoms with E-state index in [0.717, 1.165) is 28.0 Å². The maximum absolute atomic E-state index is 13.0. The molecule has 0 spiro atoms. The highest BCUT2D eigenvalue weighted by atomic mass is 32.1. The van der Waals surface area contributed by atoms with Gasteiger partial charge in [-0.1, -0.05) is 18.2 Å². The van der Waals surface area contributed by atoms with Gasteiger partial charge in [0.05, 0.1) is 23.4 Å². The van der Waals surface area contributed by atoms with Gasteiger partial charge in [-0.05, 0) is 38.0 Å². The number of aryl methyl sites for hydroxylation is 1. The van der Waals surface area contributed by atoms with Crippen molar-refractivity contribution in [3.63, 3.8) is 0 Å². The lowest BCUT2D eigenvalue weighted by atomic mass is 10.2. The quantitative estimate of drug-likeness (QED) is 0.665. The number of carbonyl (C=O) groups is 2. The average molecular weight is 369 g/mol. The number of hydrogen-bond donors (Lipinski definition) is 0. The molecule has 0 aliphatic carbocycles. The number of methoxy groups -OCH3 is 1. The van der Waals surface area contributed by atoms with Crippen molar-refractivity contribution in [3.8, 4) is 5.69 Å². The highest BCUT2D eigenvalue weighted by molar-refractivity contribution is 7.20. The molecular weight excluding hydrogens is 350 g/mol. The summed E-state index contributed by atoms with van der Waals surface area (Å²) in [5, 5.41) is 5.57. The van der Waals surface area contributed by atoms with E-state index >= 15 is 0 Å². The molecule has 3 heterocycles. The van der Waals surface area contributed by atoms with Crippen molar-refractivity contribution in [1.82, 2.24) is 14.7 Å². The van der Waals surface area contributed by atoms with Crippen LogP contribution >= 0.6 is 11.3 Å². The third kappa shape index (κ3) is 2.68. The second kappa shape index (κ2) is 6.57. The van der Waals surface area contributed by atoms with Crippen molar-refractivity contribution < 1.29 is 14.3 Å². The number of thiophene rings is 1. The summed E-state index contributed by atoms with van der Waals surface area (Å²) in [4.78, 5) is 28.1.